The highest BCUT2D eigenvalue weighted by atomic mass is 16.5. The van der Waals surface area contributed by atoms with E-state index in [0.717, 1.165) is 31.4 Å². The van der Waals surface area contributed by atoms with Crippen molar-refractivity contribution < 1.29 is 14.3 Å². The Bertz CT molecular complexity index is 907. The summed E-state index contributed by atoms with van der Waals surface area (Å²) in [5.74, 6) is 0.281. The van der Waals surface area contributed by atoms with E-state index in [1.165, 1.54) is 0 Å². The fraction of sp³-hybridized carbons (Fsp3) is 0.609. The van der Waals surface area contributed by atoms with Crippen molar-refractivity contribution >= 4 is 11.8 Å². The number of carbonyl (C=O) groups is 2. The van der Waals surface area contributed by atoms with Crippen LogP contribution in [0.25, 0.3) is 0 Å². The van der Waals surface area contributed by atoms with Gasteiger partial charge >= 0.3 is 0 Å². The van der Waals surface area contributed by atoms with Crippen molar-refractivity contribution in [2.24, 2.45) is 11.8 Å². The van der Waals surface area contributed by atoms with Crippen LogP contribution in [0.1, 0.15) is 43.3 Å². The molecule has 3 aliphatic heterocycles. The SMILES string of the molecule is O=C(C1CC=CC1)N1C[C@H]2C[C@@H](C1)[C@H](C(=O)N1CCCOCC1)n1c2cccc1=O. The molecule has 1 aliphatic carbocycles. The summed E-state index contributed by atoms with van der Waals surface area (Å²) in [5.41, 5.74) is 0.775. The molecule has 2 amide bonds. The molecule has 5 rings (SSSR count). The first-order valence-corrected chi connectivity index (χ1v) is 11.1. The summed E-state index contributed by atoms with van der Waals surface area (Å²) in [6.45, 7) is 3.58. The van der Waals surface area contributed by atoms with Gasteiger partial charge in [-0.1, -0.05) is 18.2 Å². The fourth-order valence-corrected chi connectivity index (χ4v) is 5.66. The number of aromatic nitrogens is 1. The van der Waals surface area contributed by atoms with Crippen LogP contribution in [-0.2, 0) is 14.3 Å². The number of hydrogen-bond acceptors (Lipinski definition) is 4. The molecular formula is C23H29N3O4. The van der Waals surface area contributed by atoms with Gasteiger partial charge in [-0.05, 0) is 31.7 Å². The van der Waals surface area contributed by atoms with Gasteiger partial charge < -0.3 is 14.5 Å². The average molecular weight is 412 g/mol. The van der Waals surface area contributed by atoms with Gasteiger partial charge in [-0.3, -0.25) is 19.0 Å². The van der Waals surface area contributed by atoms with E-state index in [1.807, 2.05) is 15.9 Å². The van der Waals surface area contributed by atoms with Crippen LogP contribution in [0.2, 0.25) is 0 Å². The molecule has 7 heteroatoms. The third-order valence-corrected chi connectivity index (χ3v) is 7.10. The molecule has 2 saturated heterocycles. The zero-order valence-corrected chi connectivity index (χ0v) is 17.2. The Kier molecular flexibility index (Phi) is 5.23. The molecule has 0 aromatic carbocycles. The van der Waals surface area contributed by atoms with E-state index in [0.29, 0.717) is 39.4 Å². The van der Waals surface area contributed by atoms with Crippen LogP contribution in [0, 0.1) is 11.8 Å². The van der Waals surface area contributed by atoms with E-state index in [1.54, 1.807) is 16.7 Å². The van der Waals surface area contributed by atoms with E-state index < -0.39 is 6.04 Å². The van der Waals surface area contributed by atoms with Crippen LogP contribution in [-0.4, -0.2) is 65.6 Å². The number of hydrogen-bond donors (Lipinski definition) is 0. The van der Waals surface area contributed by atoms with Crippen molar-refractivity contribution in [3.63, 3.8) is 0 Å². The zero-order valence-electron chi connectivity index (χ0n) is 17.2. The molecule has 0 radical (unpaired) electrons. The van der Waals surface area contributed by atoms with Gasteiger partial charge in [0, 0.05) is 62.3 Å². The predicted octanol–water partition coefficient (Wildman–Crippen LogP) is 1.55. The third-order valence-electron chi connectivity index (χ3n) is 7.10. The van der Waals surface area contributed by atoms with Gasteiger partial charge in [-0.15, -0.1) is 0 Å². The first-order valence-electron chi connectivity index (χ1n) is 11.1. The minimum atomic E-state index is -0.541. The number of piperidine rings is 1. The molecule has 1 aromatic heterocycles. The zero-order chi connectivity index (χ0) is 20.7. The lowest BCUT2D eigenvalue weighted by atomic mass is 9.77. The maximum Gasteiger partial charge on any atom is 0.251 e. The molecule has 4 aliphatic rings. The molecule has 160 valence electrons. The highest BCUT2D eigenvalue weighted by molar-refractivity contribution is 5.82. The standard InChI is InChI=1S/C23H29N3O4/c27-20-8-3-7-19-17-13-18(15-25(14-17)22(28)16-5-1-2-6-16)21(26(19)20)23(29)24-9-4-11-30-12-10-24/h1-3,7-8,16-18,21H,4-6,9-15H2/t17-,18+,21-/m1/s1. The minimum Gasteiger partial charge on any atom is -0.380 e. The van der Waals surface area contributed by atoms with Crippen molar-refractivity contribution in [2.75, 3.05) is 39.4 Å². The molecular weight excluding hydrogens is 382 g/mol. The predicted molar refractivity (Wildman–Crippen MR) is 111 cm³/mol. The Balaban J connectivity index is 1.48. The maximum absolute atomic E-state index is 13.7. The number of pyridine rings is 1. The van der Waals surface area contributed by atoms with E-state index in [-0.39, 0.29) is 35.1 Å². The summed E-state index contributed by atoms with van der Waals surface area (Å²) in [6, 6.07) is 4.74. The highest BCUT2D eigenvalue weighted by Gasteiger charge is 2.46. The molecule has 2 fully saturated rings. The second-order valence-corrected chi connectivity index (χ2v) is 8.97. The number of carbonyl (C=O) groups excluding carboxylic acids is 2. The van der Waals surface area contributed by atoms with Gasteiger partial charge in [0.05, 0.1) is 6.61 Å². The summed E-state index contributed by atoms with van der Waals surface area (Å²) in [4.78, 5) is 43.5. The smallest absolute Gasteiger partial charge is 0.251 e. The number of nitrogens with zero attached hydrogens (tertiary/aromatic N) is 3. The Morgan fingerprint density at radius 2 is 1.80 bits per heavy atom. The van der Waals surface area contributed by atoms with E-state index in [4.69, 9.17) is 4.74 Å². The quantitative estimate of drug-likeness (QED) is 0.693. The Labute approximate surface area is 176 Å². The number of rotatable bonds is 2. The molecule has 0 unspecified atom stereocenters. The Hall–Kier alpha value is -2.41. The van der Waals surface area contributed by atoms with Gasteiger partial charge in [0.2, 0.25) is 11.8 Å². The molecule has 1 aromatic rings. The minimum absolute atomic E-state index is 0.00432. The summed E-state index contributed by atoms with van der Waals surface area (Å²) in [5, 5.41) is 0. The van der Waals surface area contributed by atoms with Gasteiger partial charge in [-0.25, -0.2) is 0 Å². The molecule has 2 bridgehead atoms. The second-order valence-electron chi connectivity index (χ2n) is 8.97. The number of amides is 2. The molecule has 3 atom stereocenters. The van der Waals surface area contributed by atoms with Crippen molar-refractivity contribution in [1.29, 1.82) is 0 Å². The molecule has 4 heterocycles. The maximum atomic E-state index is 13.7. The molecule has 0 saturated carbocycles. The third kappa shape index (κ3) is 3.39. The summed E-state index contributed by atoms with van der Waals surface area (Å²) in [6.07, 6.45) is 7.41. The van der Waals surface area contributed by atoms with Gasteiger partial charge in [0.15, 0.2) is 0 Å². The lowest BCUT2D eigenvalue weighted by Gasteiger charge is -2.47. The summed E-state index contributed by atoms with van der Waals surface area (Å²) < 4.78 is 7.25. The largest absolute Gasteiger partial charge is 0.380 e. The van der Waals surface area contributed by atoms with Gasteiger partial charge in [0.1, 0.15) is 6.04 Å². The lowest BCUT2D eigenvalue weighted by Crippen LogP contribution is -2.55. The summed E-state index contributed by atoms with van der Waals surface area (Å²) in [7, 11) is 0. The first kappa shape index (κ1) is 19.5. The number of likely N-dealkylation sites (tertiary alicyclic amines) is 1. The Morgan fingerprint density at radius 3 is 2.63 bits per heavy atom. The van der Waals surface area contributed by atoms with Crippen molar-refractivity contribution in [1.82, 2.24) is 14.4 Å². The monoisotopic (exact) mass is 411 g/mol. The van der Waals surface area contributed by atoms with Crippen LogP contribution >= 0.6 is 0 Å². The van der Waals surface area contributed by atoms with Crippen molar-refractivity contribution in [2.45, 2.75) is 37.6 Å². The fourth-order valence-electron chi connectivity index (χ4n) is 5.66. The van der Waals surface area contributed by atoms with E-state index in [2.05, 4.69) is 12.2 Å². The van der Waals surface area contributed by atoms with Crippen molar-refractivity contribution in [3.8, 4) is 0 Å². The lowest BCUT2D eigenvalue weighted by molar-refractivity contribution is -0.144. The number of fused-ring (bicyclic) bond motifs is 4. The van der Waals surface area contributed by atoms with E-state index in [9.17, 15) is 14.4 Å². The van der Waals surface area contributed by atoms with Crippen LogP contribution in [0.3, 0.4) is 0 Å². The topological polar surface area (TPSA) is 71.9 Å². The van der Waals surface area contributed by atoms with Gasteiger partial charge in [-0.2, -0.15) is 0 Å². The van der Waals surface area contributed by atoms with Crippen LogP contribution < -0.4 is 5.56 Å². The first-order chi connectivity index (χ1) is 14.6. The highest BCUT2D eigenvalue weighted by Crippen LogP contribution is 2.42. The van der Waals surface area contributed by atoms with E-state index >= 15 is 0 Å². The van der Waals surface area contributed by atoms with Crippen LogP contribution in [0.4, 0.5) is 0 Å². The summed E-state index contributed by atoms with van der Waals surface area (Å²) >= 11 is 0. The van der Waals surface area contributed by atoms with Crippen molar-refractivity contribution in [3.05, 3.63) is 46.4 Å². The number of ether oxygens (including phenoxy) is 1. The van der Waals surface area contributed by atoms with Crippen LogP contribution in [0.15, 0.2) is 35.1 Å². The Morgan fingerprint density at radius 1 is 0.967 bits per heavy atom. The molecule has 0 N–H and O–H groups in total. The van der Waals surface area contributed by atoms with Gasteiger partial charge in [0.25, 0.3) is 5.56 Å². The number of allylic oxidation sites excluding steroid dienone is 2. The second kappa shape index (κ2) is 8.02. The molecule has 0 spiro atoms. The normalized spacial score (nSPS) is 28.9. The van der Waals surface area contributed by atoms with Crippen LogP contribution in [0.5, 0.6) is 0 Å². The molecule has 30 heavy (non-hydrogen) atoms. The average Bonchev–Trinajstić information content (AvgIpc) is 3.16. The molecule has 7 nitrogen and oxygen atoms in total.